The fourth-order valence-electron chi connectivity index (χ4n) is 8.37. The highest BCUT2D eigenvalue weighted by Crippen LogP contribution is 2.81. The van der Waals surface area contributed by atoms with Crippen molar-refractivity contribution in [3.05, 3.63) is 11.6 Å². The fourth-order valence-corrected chi connectivity index (χ4v) is 8.37. The number of allylic oxidation sites excluding steroid dienone is 1. The lowest BCUT2D eigenvalue weighted by Crippen LogP contribution is -2.52. The molecule has 0 heterocycles. The highest BCUT2D eigenvalue weighted by Gasteiger charge is 2.76. The zero-order chi connectivity index (χ0) is 17.6. The van der Waals surface area contributed by atoms with Gasteiger partial charge in [-0.3, -0.25) is 4.79 Å². The van der Waals surface area contributed by atoms with Crippen LogP contribution in [0.25, 0.3) is 0 Å². The molecule has 0 aromatic rings. The van der Waals surface area contributed by atoms with Gasteiger partial charge in [0, 0.05) is 11.8 Å². The Labute approximate surface area is 151 Å². The van der Waals surface area contributed by atoms with Gasteiger partial charge in [-0.15, -0.1) is 6.42 Å². The van der Waals surface area contributed by atoms with E-state index in [0.717, 1.165) is 37.5 Å². The van der Waals surface area contributed by atoms with Gasteiger partial charge in [0.2, 0.25) is 0 Å². The van der Waals surface area contributed by atoms with Gasteiger partial charge in [-0.2, -0.15) is 0 Å². The average molecular weight is 338 g/mol. The molecular formula is C23H30O2. The van der Waals surface area contributed by atoms with Gasteiger partial charge in [-0.25, -0.2) is 0 Å². The van der Waals surface area contributed by atoms with Crippen LogP contribution >= 0.6 is 0 Å². The average Bonchev–Trinajstić information content (AvgIpc) is 3.26. The van der Waals surface area contributed by atoms with Crippen molar-refractivity contribution in [2.75, 3.05) is 0 Å². The summed E-state index contributed by atoms with van der Waals surface area (Å²) in [6.45, 7) is 4.86. The normalized spacial score (nSPS) is 54.3. The molecule has 0 bridgehead atoms. The van der Waals surface area contributed by atoms with Gasteiger partial charge in [0.25, 0.3) is 0 Å². The largest absolute Gasteiger partial charge is 0.380 e. The molecule has 0 spiro atoms. The van der Waals surface area contributed by atoms with Crippen LogP contribution < -0.4 is 0 Å². The zero-order valence-corrected chi connectivity index (χ0v) is 15.5. The molecule has 0 amide bonds. The Morgan fingerprint density at radius 1 is 1.40 bits per heavy atom. The summed E-state index contributed by atoms with van der Waals surface area (Å²) in [6, 6.07) is 0. The first-order valence-electron chi connectivity index (χ1n) is 10.3. The third kappa shape index (κ3) is 1.84. The molecule has 2 nitrogen and oxygen atoms in total. The first-order chi connectivity index (χ1) is 11.9. The molecule has 134 valence electrons. The molecule has 0 aromatic heterocycles. The standard InChI is InChI=1S/C23H30O2/c1-4-20(25)23-12-15(23)11-19-21-13(2)9-14-10-16(24)5-6-17(14)18(21)7-8-22(19,23)3/h1,10,13,15,17-21,25H,5-9,11-12H2,2-3H3/t13-,15-,17+,18-,19-,20+,21-,22+,23+/m1/s1. The Balaban J connectivity index is 1.50. The van der Waals surface area contributed by atoms with E-state index < -0.39 is 6.10 Å². The summed E-state index contributed by atoms with van der Waals surface area (Å²) in [4.78, 5) is 11.9. The summed E-state index contributed by atoms with van der Waals surface area (Å²) >= 11 is 0. The maximum Gasteiger partial charge on any atom is 0.155 e. The van der Waals surface area contributed by atoms with Crippen LogP contribution in [0.3, 0.4) is 0 Å². The number of hydrogen-bond donors (Lipinski definition) is 1. The Bertz CT molecular complexity index is 699. The van der Waals surface area contributed by atoms with E-state index in [0.29, 0.717) is 29.5 Å². The van der Waals surface area contributed by atoms with Crippen molar-refractivity contribution in [3.63, 3.8) is 0 Å². The molecule has 5 aliphatic rings. The van der Waals surface area contributed by atoms with Gasteiger partial charge in [0.05, 0.1) is 0 Å². The quantitative estimate of drug-likeness (QED) is 0.734. The van der Waals surface area contributed by atoms with Gasteiger partial charge >= 0.3 is 0 Å². The molecule has 0 radical (unpaired) electrons. The predicted octanol–water partition coefficient (Wildman–Crippen LogP) is 3.98. The van der Waals surface area contributed by atoms with Crippen LogP contribution in [0, 0.1) is 58.7 Å². The van der Waals surface area contributed by atoms with E-state index in [1.54, 1.807) is 0 Å². The first kappa shape index (κ1) is 16.1. The molecule has 2 heteroatoms. The van der Waals surface area contributed by atoms with Crippen molar-refractivity contribution in [2.24, 2.45) is 46.3 Å². The third-order valence-corrected chi connectivity index (χ3v) is 9.43. The summed E-state index contributed by atoms with van der Waals surface area (Å²) in [7, 11) is 0. The number of aliphatic hydroxyl groups is 1. The monoisotopic (exact) mass is 338 g/mol. The molecular weight excluding hydrogens is 308 g/mol. The minimum atomic E-state index is -0.564. The molecule has 4 saturated carbocycles. The molecule has 5 aliphatic carbocycles. The number of hydrogen-bond acceptors (Lipinski definition) is 2. The lowest BCUT2D eigenvalue weighted by Gasteiger charge is -2.57. The highest BCUT2D eigenvalue weighted by atomic mass is 16.3. The zero-order valence-electron chi connectivity index (χ0n) is 15.5. The van der Waals surface area contributed by atoms with Crippen molar-refractivity contribution < 1.29 is 9.90 Å². The second kappa shape index (κ2) is 5.01. The van der Waals surface area contributed by atoms with E-state index in [2.05, 4.69) is 19.8 Å². The topological polar surface area (TPSA) is 37.3 Å². The predicted molar refractivity (Wildman–Crippen MR) is 97.4 cm³/mol. The SMILES string of the molecule is C#C[C@H](O)[C@]12C[C@H]1C[C@@H]1[C@H]3[C@H](CC[C@@]12C)[C@H]1CCC(=O)C=C1C[C@H]3C. The van der Waals surface area contributed by atoms with Crippen LogP contribution in [0.5, 0.6) is 0 Å². The maximum atomic E-state index is 11.9. The molecule has 0 aliphatic heterocycles. The van der Waals surface area contributed by atoms with E-state index >= 15 is 0 Å². The van der Waals surface area contributed by atoms with Crippen LogP contribution in [0.1, 0.15) is 58.8 Å². The number of ketones is 1. The number of carbonyl (C=O) groups is 1. The minimum Gasteiger partial charge on any atom is -0.380 e. The van der Waals surface area contributed by atoms with Gasteiger partial charge in [0.1, 0.15) is 6.10 Å². The number of rotatable bonds is 1. The highest BCUT2D eigenvalue weighted by molar-refractivity contribution is 5.91. The van der Waals surface area contributed by atoms with Gasteiger partial charge in [-0.05, 0) is 85.5 Å². The van der Waals surface area contributed by atoms with E-state index in [1.807, 2.05) is 6.08 Å². The second-order valence-electron chi connectivity index (χ2n) is 10.1. The maximum absolute atomic E-state index is 11.9. The lowest BCUT2D eigenvalue weighted by atomic mass is 9.47. The van der Waals surface area contributed by atoms with Crippen molar-refractivity contribution >= 4 is 5.78 Å². The molecule has 0 unspecified atom stereocenters. The van der Waals surface area contributed by atoms with Crippen molar-refractivity contribution in [1.29, 1.82) is 0 Å². The molecule has 0 saturated heterocycles. The van der Waals surface area contributed by atoms with Crippen molar-refractivity contribution in [3.8, 4) is 12.3 Å². The summed E-state index contributed by atoms with van der Waals surface area (Å²) in [5, 5.41) is 10.7. The van der Waals surface area contributed by atoms with Crippen molar-refractivity contribution in [1.82, 2.24) is 0 Å². The van der Waals surface area contributed by atoms with E-state index in [9.17, 15) is 9.90 Å². The minimum absolute atomic E-state index is 0.00968. The molecule has 0 aromatic carbocycles. The van der Waals surface area contributed by atoms with Gasteiger partial charge < -0.3 is 5.11 Å². The Morgan fingerprint density at radius 2 is 2.20 bits per heavy atom. The number of aliphatic hydroxyl groups excluding tert-OH is 1. The van der Waals surface area contributed by atoms with E-state index in [1.165, 1.54) is 24.8 Å². The summed E-state index contributed by atoms with van der Waals surface area (Å²) < 4.78 is 0. The summed E-state index contributed by atoms with van der Waals surface area (Å²) in [5.41, 5.74) is 1.68. The number of fused-ring (bicyclic) bond motifs is 7. The fraction of sp³-hybridized carbons (Fsp3) is 0.783. The van der Waals surface area contributed by atoms with Gasteiger partial charge in [-0.1, -0.05) is 25.3 Å². The Morgan fingerprint density at radius 3 is 2.96 bits per heavy atom. The number of terminal acetylenes is 1. The third-order valence-electron chi connectivity index (χ3n) is 9.43. The van der Waals surface area contributed by atoms with Crippen molar-refractivity contribution in [2.45, 2.75) is 64.9 Å². The second-order valence-corrected chi connectivity index (χ2v) is 10.1. The molecule has 9 atom stereocenters. The Kier molecular flexibility index (Phi) is 3.23. The van der Waals surface area contributed by atoms with Crippen LogP contribution in [-0.2, 0) is 4.79 Å². The molecule has 5 rings (SSSR count). The molecule has 25 heavy (non-hydrogen) atoms. The van der Waals surface area contributed by atoms with Crippen LogP contribution in [0.2, 0.25) is 0 Å². The van der Waals surface area contributed by atoms with Crippen LogP contribution in [0.4, 0.5) is 0 Å². The Hall–Kier alpha value is -1.07. The smallest absolute Gasteiger partial charge is 0.155 e. The van der Waals surface area contributed by atoms with Gasteiger partial charge in [0.15, 0.2) is 5.78 Å². The first-order valence-corrected chi connectivity index (χ1v) is 10.3. The lowest BCUT2D eigenvalue weighted by molar-refractivity contribution is -0.117. The van der Waals surface area contributed by atoms with Crippen LogP contribution in [0.15, 0.2) is 11.6 Å². The van der Waals surface area contributed by atoms with Crippen LogP contribution in [-0.4, -0.2) is 17.0 Å². The number of carbonyl (C=O) groups excluding carboxylic acids is 1. The van der Waals surface area contributed by atoms with E-state index in [-0.39, 0.29) is 10.8 Å². The van der Waals surface area contributed by atoms with E-state index in [4.69, 9.17) is 6.42 Å². The summed E-state index contributed by atoms with van der Waals surface area (Å²) in [5.74, 6) is 7.19. The molecule has 4 fully saturated rings. The summed E-state index contributed by atoms with van der Waals surface area (Å²) in [6.07, 6.45) is 14.9. The molecule has 1 N–H and O–H groups in total.